The van der Waals surface area contributed by atoms with E-state index >= 15 is 0 Å². The molecule has 2 heterocycles. The summed E-state index contributed by atoms with van der Waals surface area (Å²) < 4.78 is 6.31. The zero-order chi connectivity index (χ0) is 27.2. The van der Waals surface area contributed by atoms with Crippen molar-refractivity contribution in [3.8, 4) is 39.7 Å². The Morgan fingerprint density at radius 3 is 1.95 bits per heavy atom. The molecule has 194 valence electrons. The van der Waals surface area contributed by atoms with Crippen LogP contribution in [-0.4, -0.2) is 21.1 Å². The van der Waals surface area contributed by atoms with Crippen LogP contribution < -0.4 is 4.74 Å². The lowest BCUT2D eigenvalue weighted by atomic mass is 9.84. The van der Waals surface area contributed by atoms with Gasteiger partial charge in [0.1, 0.15) is 11.9 Å². The summed E-state index contributed by atoms with van der Waals surface area (Å²) in [5.74, 6) is 2.92. The van der Waals surface area contributed by atoms with Crippen molar-refractivity contribution in [3.05, 3.63) is 151 Å². The van der Waals surface area contributed by atoms with Crippen LogP contribution in [0, 0.1) is 0 Å². The monoisotopic (exact) mass is 527 g/mol. The molecule has 1 aliphatic carbocycles. The average Bonchev–Trinajstić information content (AvgIpc) is 3.44. The summed E-state index contributed by atoms with van der Waals surface area (Å²) in [7, 11) is 0. The summed E-state index contributed by atoms with van der Waals surface area (Å²) >= 11 is 0. The molecule has 1 aliphatic heterocycles. The molecular weight excluding hydrogens is 502 g/mol. The predicted molar refractivity (Wildman–Crippen MR) is 164 cm³/mol. The predicted octanol–water partition coefficient (Wildman–Crippen LogP) is 8.52. The second kappa shape index (κ2) is 9.68. The zero-order valence-electron chi connectivity index (χ0n) is 22.2. The van der Waals surface area contributed by atoms with Crippen molar-refractivity contribution in [3.63, 3.8) is 0 Å². The van der Waals surface area contributed by atoms with E-state index in [2.05, 4.69) is 91.0 Å². The molecule has 2 unspecified atom stereocenters. The molecule has 8 rings (SSSR count). The largest absolute Gasteiger partial charge is 0.485 e. The summed E-state index contributed by atoms with van der Waals surface area (Å²) in [5, 5.41) is 2.27. The van der Waals surface area contributed by atoms with Crippen LogP contribution in [0.3, 0.4) is 0 Å². The number of ether oxygens (including phenoxy) is 1. The van der Waals surface area contributed by atoms with E-state index in [9.17, 15) is 0 Å². The van der Waals surface area contributed by atoms with Crippen LogP contribution in [0.2, 0.25) is 0 Å². The highest BCUT2D eigenvalue weighted by Crippen LogP contribution is 2.47. The van der Waals surface area contributed by atoms with Gasteiger partial charge in [0.15, 0.2) is 17.5 Å². The quantitative estimate of drug-likeness (QED) is 0.231. The minimum atomic E-state index is -0.0845. The Balaban J connectivity index is 1.34. The van der Waals surface area contributed by atoms with Crippen LogP contribution in [0.15, 0.2) is 140 Å². The van der Waals surface area contributed by atoms with E-state index in [-0.39, 0.29) is 12.0 Å². The lowest BCUT2D eigenvalue weighted by Gasteiger charge is -2.22. The Morgan fingerprint density at radius 1 is 0.512 bits per heavy atom. The molecule has 1 aromatic heterocycles. The molecule has 0 amide bonds. The molecule has 4 nitrogen and oxygen atoms in total. The van der Waals surface area contributed by atoms with Gasteiger partial charge in [0.2, 0.25) is 0 Å². The van der Waals surface area contributed by atoms with E-state index < -0.39 is 0 Å². The zero-order valence-corrected chi connectivity index (χ0v) is 22.2. The van der Waals surface area contributed by atoms with Gasteiger partial charge in [-0.15, -0.1) is 0 Å². The molecule has 5 aromatic carbocycles. The number of fused-ring (bicyclic) bond motifs is 4. The van der Waals surface area contributed by atoms with Gasteiger partial charge in [-0.05, 0) is 34.0 Å². The maximum absolute atomic E-state index is 6.31. The highest BCUT2D eigenvalue weighted by atomic mass is 16.5. The number of benzene rings is 5. The first kappa shape index (κ1) is 23.5. The summed E-state index contributed by atoms with van der Waals surface area (Å²) in [6.45, 7) is 0. The highest BCUT2D eigenvalue weighted by molar-refractivity contribution is 6.03. The number of hydrogen-bond donors (Lipinski definition) is 0. The third-order valence-electron chi connectivity index (χ3n) is 7.93. The van der Waals surface area contributed by atoms with Crippen molar-refractivity contribution >= 4 is 16.3 Å². The van der Waals surface area contributed by atoms with Crippen molar-refractivity contribution in [2.75, 3.05) is 0 Å². The van der Waals surface area contributed by atoms with Gasteiger partial charge in [-0.2, -0.15) is 0 Å². The van der Waals surface area contributed by atoms with E-state index in [0.29, 0.717) is 17.5 Å². The van der Waals surface area contributed by atoms with Gasteiger partial charge in [-0.1, -0.05) is 127 Å². The van der Waals surface area contributed by atoms with Crippen molar-refractivity contribution in [2.45, 2.75) is 12.0 Å². The van der Waals surface area contributed by atoms with E-state index in [1.165, 1.54) is 11.1 Å². The molecule has 0 bridgehead atoms. The molecule has 0 spiro atoms. The fourth-order valence-corrected chi connectivity index (χ4v) is 6.03. The third kappa shape index (κ3) is 4.04. The Kier molecular flexibility index (Phi) is 5.56. The summed E-state index contributed by atoms with van der Waals surface area (Å²) in [6, 6.07) is 41.7. The SMILES string of the molecule is C1=CC2Oc3ccccc3C2C(c2nc(-c3ccccc3)nc(-c3cccc4c(-c5ccccc5)cccc34)n2)=C1. The van der Waals surface area contributed by atoms with Crippen LogP contribution in [-0.2, 0) is 0 Å². The number of para-hydroxylation sites is 1. The highest BCUT2D eigenvalue weighted by Gasteiger charge is 2.38. The number of allylic oxidation sites excluding steroid dienone is 2. The van der Waals surface area contributed by atoms with Gasteiger partial charge in [0.25, 0.3) is 0 Å². The molecule has 6 aromatic rings. The smallest absolute Gasteiger partial charge is 0.164 e. The second-order valence-electron chi connectivity index (χ2n) is 10.3. The normalized spacial score (nSPS) is 17.0. The number of hydrogen-bond acceptors (Lipinski definition) is 4. The van der Waals surface area contributed by atoms with Crippen molar-refractivity contribution in [1.82, 2.24) is 15.0 Å². The Morgan fingerprint density at radius 2 is 1.15 bits per heavy atom. The molecule has 2 aliphatic rings. The number of aromatic nitrogens is 3. The number of rotatable bonds is 4. The molecule has 2 atom stereocenters. The maximum Gasteiger partial charge on any atom is 0.164 e. The molecular formula is C37H25N3O. The van der Waals surface area contributed by atoms with Crippen molar-refractivity contribution in [1.29, 1.82) is 0 Å². The lowest BCUT2D eigenvalue weighted by Crippen LogP contribution is -2.20. The van der Waals surface area contributed by atoms with Gasteiger partial charge < -0.3 is 4.74 Å². The molecule has 0 saturated heterocycles. The Hall–Kier alpha value is -5.35. The molecule has 0 saturated carbocycles. The van der Waals surface area contributed by atoms with Gasteiger partial charge >= 0.3 is 0 Å². The minimum Gasteiger partial charge on any atom is -0.485 e. The summed E-state index contributed by atoms with van der Waals surface area (Å²) in [6.07, 6.45) is 6.21. The van der Waals surface area contributed by atoms with E-state index in [4.69, 9.17) is 19.7 Å². The lowest BCUT2D eigenvalue weighted by molar-refractivity contribution is 0.271. The van der Waals surface area contributed by atoms with Crippen LogP contribution >= 0.6 is 0 Å². The second-order valence-corrected chi connectivity index (χ2v) is 10.3. The van der Waals surface area contributed by atoms with E-state index in [0.717, 1.165) is 38.8 Å². The van der Waals surface area contributed by atoms with Gasteiger partial charge in [0, 0.05) is 22.3 Å². The fraction of sp³-hybridized carbons (Fsp3) is 0.0541. The van der Waals surface area contributed by atoms with Crippen LogP contribution in [0.4, 0.5) is 0 Å². The van der Waals surface area contributed by atoms with Crippen LogP contribution in [0.5, 0.6) is 5.75 Å². The van der Waals surface area contributed by atoms with Gasteiger partial charge in [0.05, 0.1) is 5.92 Å². The Labute approximate surface area is 238 Å². The standard InChI is InChI=1S/C37H25N3O/c1-3-12-24(13-4-1)26-17-9-19-28-27(26)18-10-20-29(28)36-38-35(25-14-5-2-6-15-25)39-37(40-36)31-21-11-23-33-34(31)30-16-7-8-22-32(30)41-33/h1-23,33-34H. The molecule has 0 radical (unpaired) electrons. The van der Waals surface area contributed by atoms with Crippen molar-refractivity contribution < 1.29 is 4.74 Å². The first-order chi connectivity index (χ1) is 20.3. The number of nitrogens with zero attached hydrogens (tertiary/aromatic N) is 3. The molecule has 4 heteroatoms. The molecule has 0 fully saturated rings. The van der Waals surface area contributed by atoms with E-state index in [1.54, 1.807) is 0 Å². The molecule has 0 N–H and O–H groups in total. The van der Waals surface area contributed by atoms with E-state index in [1.807, 2.05) is 48.5 Å². The topological polar surface area (TPSA) is 47.9 Å². The van der Waals surface area contributed by atoms with Crippen LogP contribution in [0.1, 0.15) is 17.3 Å². The third-order valence-corrected chi connectivity index (χ3v) is 7.93. The first-order valence-electron chi connectivity index (χ1n) is 13.9. The van der Waals surface area contributed by atoms with Gasteiger partial charge in [-0.3, -0.25) is 0 Å². The summed E-state index contributed by atoms with van der Waals surface area (Å²) in [5.41, 5.74) is 6.50. The van der Waals surface area contributed by atoms with Gasteiger partial charge in [-0.25, -0.2) is 15.0 Å². The maximum atomic E-state index is 6.31. The molecule has 41 heavy (non-hydrogen) atoms. The van der Waals surface area contributed by atoms with Crippen molar-refractivity contribution in [2.24, 2.45) is 0 Å². The summed E-state index contributed by atoms with van der Waals surface area (Å²) in [4.78, 5) is 15.3. The fourth-order valence-electron chi connectivity index (χ4n) is 6.03. The van der Waals surface area contributed by atoms with Crippen LogP contribution in [0.25, 0.3) is 50.2 Å². The Bertz CT molecular complexity index is 1980. The first-order valence-corrected chi connectivity index (χ1v) is 13.9. The minimum absolute atomic E-state index is 0.0206. The average molecular weight is 528 g/mol.